The van der Waals surface area contributed by atoms with Gasteiger partial charge >= 0.3 is 5.97 Å². The predicted octanol–water partition coefficient (Wildman–Crippen LogP) is 5.35. The maximum atomic E-state index is 13.5. The fraction of sp³-hybridized carbons (Fsp3) is 0.0526. The average Bonchev–Trinajstić information content (AvgIpc) is 2.57. The van der Waals surface area contributed by atoms with E-state index in [1.165, 1.54) is 0 Å². The summed E-state index contributed by atoms with van der Waals surface area (Å²) < 4.78 is 32.0. The minimum absolute atomic E-state index is 0.232. The number of rotatable bonds is 4. The molecule has 0 aromatic heterocycles. The molecule has 0 unspecified atom stereocenters. The van der Waals surface area contributed by atoms with Crippen LogP contribution in [0.3, 0.4) is 0 Å². The first-order valence-corrected chi connectivity index (χ1v) is 6.96. The molecule has 0 atom stereocenters. The van der Waals surface area contributed by atoms with Crippen LogP contribution in [-0.2, 0) is 0 Å². The highest BCUT2D eigenvalue weighted by Gasteiger charge is 2.14. The van der Waals surface area contributed by atoms with E-state index in [0.29, 0.717) is 0 Å². The molecule has 0 radical (unpaired) electrons. The summed E-state index contributed by atoms with van der Waals surface area (Å²) >= 11 is 0. The van der Waals surface area contributed by atoms with Crippen molar-refractivity contribution in [2.24, 2.45) is 4.99 Å². The molecule has 3 nitrogen and oxygen atoms in total. The molecule has 0 aliphatic carbocycles. The maximum absolute atomic E-state index is 13.5. The highest BCUT2D eigenvalue weighted by molar-refractivity contribution is 5.91. The highest BCUT2D eigenvalue weighted by atomic mass is 19.1. The van der Waals surface area contributed by atoms with Gasteiger partial charge in [-0.2, -0.15) is 0 Å². The second-order valence-corrected chi connectivity index (χ2v) is 4.41. The van der Waals surface area contributed by atoms with Gasteiger partial charge in [-0.3, -0.25) is 4.99 Å². The van der Waals surface area contributed by atoms with Crippen LogP contribution in [0.25, 0.3) is 6.08 Å². The standard InChI is InChI=1S/C17H13F2NO2.C2H4/c1-3-4-11-5-7-12(8-6-11)17(21)22-13-9-14(18)16(20-2)15(19)10-13;1-2/h3-10H,2H2,1H3;1-2H2/b4-3+;. The van der Waals surface area contributed by atoms with Gasteiger partial charge in [-0.15, -0.1) is 13.2 Å². The molecular formula is C19H17F2NO2. The van der Waals surface area contributed by atoms with Crippen LogP contribution in [0.4, 0.5) is 14.5 Å². The third-order valence-electron chi connectivity index (χ3n) is 2.86. The fourth-order valence-electron chi connectivity index (χ4n) is 1.84. The van der Waals surface area contributed by atoms with Crippen LogP contribution < -0.4 is 4.74 Å². The Kier molecular flexibility index (Phi) is 7.23. The summed E-state index contributed by atoms with van der Waals surface area (Å²) in [7, 11) is 0. The van der Waals surface area contributed by atoms with Crippen molar-refractivity contribution in [3.05, 3.63) is 78.4 Å². The largest absolute Gasteiger partial charge is 0.423 e. The Balaban J connectivity index is 0.00000139. The molecule has 0 heterocycles. The predicted molar refractivity (Wildman–Crippen MR) is 92.9 cm³/mol. The Hall–Kier alpha value is -3.08. The van der Waals surface area contributed by atoms with Crippen molar-refractivity contribution in [2.45, 2.75) is 6.92 Å². The van der Waals surface area contributed by atoms with Gasteiger partial charge in [0.05, 0.1) is 5.56 Å². The van der Waals surface area contributed by atoms with Crippen molar-refractivity contribution in [3.8, 4) is 5.75 Å². The Morgan fingerprint density at radius 1 is 1.12 bits per heavy atom. The van der Waals surface area contributed by atoms with Crippen LogP contribution in [0.1, 0.15) is 22.8 Å². The van der Waals surface area contributed by atoms with Crippen molar-refractivity contribution in [1.82, 2.24) is 0 Å². The molecule has 0 bridgehead atoms. The minimum atomic E-state index is -0.943. The summed E-state index contributed by atoms with van der Waals surface area (Å²) in [5.74, 6) is -2.82. The zero-order valence-electron chi connectivity index (χ0n) is 13.3. The third-order valence-corrected chi connectivity index (χ3v) is 2.86. The van der Waals surface area contributed by atoms with E-state index in [2.05, 4.69) is 24.9 Å². The summed E-state index contributed by atoms with van der Waals surface area (Å²) in [4.78, 5) is 15.2. The molecule has 0 saturated heterocycles. The first-order valence-electron chi connectivity index (χ1n) is 6.96. The van der Waals surface area contributed by atoms with Gasteiger partial charge in [0.15, 0.2) is 11.6 Å². The number of aliphatic imine (C=N–C) groups is 1. The van der Waals surface area contributed by atoms with Crippen LogP contribution in [0.15, 0.2) is 60.6 Å². The number of carbonyl (C=O) groups excluding carboxylic acids is 1. The lowest BCUT2D eigenvalue weighted by atomic mass is 10.1. The molecule has 5 heteroatoms. The summed E-state index contributed by atoms with van der Waals surface area (Å²) in [5, 5.41) is 0. The van der Waals surface area contributed by atoms with Gasteiger partial charge < -0.3 is 4.74 Å². The topological polar surface area (TPSA) is 38.7 Å². The van der Waals surface area contributed by atoms with E-state index in [9.17, 15) is 13.6 Å². The number of esters is 1. The molecule has 0 spiro atoms. The van der Waals surface area contributed by atoms with Crippen molar-refractivity contribution in [2.75, 3.05) is 0 Å². The van der Waals surface area contributed by atoms with Crippen molar-refractivity contribution >= 4 is 24.5 Å². The van der Waals surface area contributed by atoms with Crippen LogP contribution in [0.2, 0.25) is 0 Å². The first-order chi connectivity index (χ1) is 11.5. The molecule has 0 N–H and O–H groups in total. The maximum Gasteiger partial charge on any atom is 0.343 e. The number of hydrogen-bond donors (Lipinski definition) is 0. The molecular weight excluding hydrogens is 312 g/mol. The smallest absolute Gasteiger partial charge is 0.343 e. The molecule has 124 valence electrons. The van der Waals surface area contributed by atoms with Crippen molar-refractivity contribution in [1.29, 1.82) is 0 Å². The van der Waals surface area contributed by atoms with E-state index in [-0.39, 0.29) is 11.3 Å². The number of hydrogen-bond acceptors (Lipinski definition) is 3. The molecule has 24 heavy (non-hydrogen) atoms. The molecule has 0 aliphatic heterocycles. The molecule has 0 fully saturated rings. The molecule has 2 aromatic rings. The number of nitrogens with zero attached hydrogens (tertiary/aromatic N) is 1. The van der Waals surface area contributed by atoms with Crippen LogP contribution >= 0.6 is 0 Å². The normalized spacial score (nSPS) is 9.96. The lowest BCUT2D eigenvalue weighted by Gasteiger charge is -2.06. The van der Waals surface area contributed by atoms with Gasteiger partial charge in [0.25, 0.3) is 0 Å². The first kappa shape index (κ1) is 19.0. The quantitative estimate of drug-likeness (QED) is 0.328. The van der Waals surface area contributed by atoms with E-state index >= 15 is 0 Å². The summed E-state index contributed by atoms with van der Waals surface area (Å²) in [5.41, 5.74) is 0.702. The SMILES string of the molecule is C=C.C=Nc1c(F)cc(OC(=O)c2ccc(/C=C/C)cc2)cc1F. The van der Waals surface area contributed by atoms with Gasteiger partial charge in [-0.05, 0) is 31.3 Å². The Morgan fingerprint density at radius 3 is 2.12 bits per heavy atom. The Labute approximate surface area is 139 Å². The van der Waals surface area contributed by atoms with Gasteiger partial charge in [0, 0.05) is 12.1 Å². The van der Waals surface area contributed by atoms with E-state index in [1.807, 2.05) is 19.1 Å². The van der Waals surface area contributed by atoms with Crippen molar-refractivity contribution in [3.63, 3.8) is 0 Å². The van der Waals surface area contributed by atoms with Gasteiger partial charge in [0.2, 0.25) is 0 Å². The highest BCUT2D eigenvalue weighted by Crippen LogP contribution is 2.27. The van der Waals surface area contributed by atoms with Crippen LogP contribution in [-0.4, -0.2) is 12.7 Å². The zero-order chi connectivity index (χ0) is 18.1. The zero-order valence-corrected chi connectivity index (χ0v) is 13.3. The van der Waals surface area contributed by atoms with Gasteiger partial charge in [0.1, 0.15) is 11.4 Å². The average molecular weight is 329 g/mol. The Morgan fingerprint density at radius 2 is 1.67 bits per heavy atom. The third kappa shape index (κ3) is 4.71. The molecule has 2 aromatic carbocycles. The van der Waals surface area contributed by atoms with Crippen LogP contribution in [0.5, 0.6) is 5.75 Å². The molecule has 0 amide bonds. The van der Waals surface area contributed by atoms with Gasteiger partial charge in [-0.25, -0.2) is 13.6 Å². The van der Waals surface area contributed by atoms with E-state index in [4.69, 9.17) is 4.74 Å². The summed E-state index contributed by atoms with van der Waals surface area (Å²) in [6.45, 7) is 11.0. The molecule has 0 saturated carbocycles. The number of benzene rings is 2. The van der Waals surface area contributed by atoms with Crippen LogP contribution in [0, 0.1) is 11.6 Å². The summed E-state index contributed by atoms with van der Waals surface area (Å²) in [6, 6.07) is 8.40. The summed E-state index contributed by atoms with van der Waals surface area (Å²) in [6.07, 6.45) is 3.74. The Bertz CT molecular complexity index is 729. The number of halogens is 2. The van der Waals surface area contributed by atoms with E-state index in [0.717, 1.165) is 17.7 Å². The molecule has 2 rings (SSSR count). The number of ether oxygens (including phenoxy) is 1. The fourth-order valence-corrected chi connectivity index (χ4v) is 1.84. The lowest BCUT2D eigenvalue weighted by molar-refractivity contribution is 0.0734. The lowest BCUT2D eigenvalue weighted by Crippen LogP contribution is -2.08. The second kappa shape index (κ2) is 9.15. The monoisotopic (exact) mass is 329 g/mol. The number of allylic oxidation sites excluding steroid dienone is 1. The number of carbonyl (C=O) groups is 1. The van der Waals surface area contributed by atoms with E-state index in [1.54, 1.807) is 24.3 Å². The van der Waals surface area contributed by atoms with E-state index < -0.39 is 23.3 Å². The molecule has 0 aliphatic rings. The minimum Gasteiger partial charge on any atom is -0.423 e. The van der Waals surface area contributed by atoms with Crippen molar-refractivity contribution < 1.29 is 18.3 Å². The van der Waals surface area contributed by atoms with Gasteiger partial charge in [-0.1, -0.05) is 24.3 Å². The second-order valence-electron chi connectivity index (χ2n) is 4.41.